The summed E-state index contributed by atoms with van der Waals surface area (Å²) in [4.78, 5) is 89.7. The van der Waals surface area contributed by atoms with E-state index in [0.717, 1.165) is 120 Å². The lowest BCUT2D eigenvalue weighted by atomic mass is 10.0. The number of aromatic nitrogens is 8. The first-order chi connectivity index (χ1) is 40.5. The van der Waals surface area contributed by atoms with E-state index in [-0.39, 0.29) is 16.8 Å². The Kier molecular flexibility index (Phi) is 17.1. The standard InChI is InChI=1S/C23H25N5O.C22H22N4O2.C22H22N4O/c1-15-13-18-20(14-19(15)27(3)4)28(12-8-11-17-9-6-5-7-10-17)22-21(26-18)23(29)25-16(2)24-22;1-14-12-17-18(13-15(14)2)26(11-7-6-10-16-8-4-3-5-9-16)20-19(23-17)21(27)25-22(28)24-20;1-14-12-18-19(13-15(14)2)26(11-7-10-17-8-5-4-6-9-17)21-20(25-18)22(27)24-16(3)23-21/h5-7,9-10,13-14H,2,8,11-12H2,1,3-4H3,(H,25,29);3-5,8-9,12-13H,6-7,10-11H2,1-2H3,(H,25,27,28);4-6,8-9,12-13H,3,7,10-11H2,1-2H3,(H,24,27). The third-order valence-electron chi connectivity index (χ3n) is 15.3. The fraction of sp³-hybridized carbons (Fsp3) is 0.254. The number of aromatic amines is 3. The van der Waals surface area contributed by atoms with E-state index in [0.29, 0.717) is 45.7 Å². The molecule has 0 spiro atoms. The van der Waals surface area contributed by atoms with Crippen molar-refractivity contribution in [2.24, 2.45) is 9.98 Å². The highest BCUT2D eigenvalue weighted by molar-refractivity contribution is 5.82. The van der Waals surface area contributed by atoms with Crippen LogP contribution < -0.4 is 58.7 Å². The Morgan fingerprint density at radius 1 is 0.476 bits per heavy atom. The topological polar surface area (TPSA) is 207 Å². The quantitative estimate of drug-likeness (QED) is 0.0694. The highest BCUT2D eigenvalue weighted by atomic mass is 16.2. The van der Waals surface area contributed by atoms with E-state index in [1.54, 1.807) is 0 Å². The lowest BCUT2D eigenvalue weighted by molar-refractivity contribution is 0.615. The van der Waals surface area contributed by atoms with E-state index in [1.807, 2.05) is 81.0 Å². The minimum Gasteiger partial charge on any atom is -0.377 e. The molecule has 0 aliphatic carbocycles. The number of nitrogens with one attached hydrogen (secondary N) is 3. The Morgan fingerprint density at radius 3 is 1.46 bits per heavy atom. The number of hydrogen-bond donors (Lipinski definition) is 3. The van der Waals surface area contributed by atoms with Gasteiger partial charge in [-0.3, -0.25) is 19.4 Å². The summed E-state index contributed by atoms with van der Waals surface area (Å²) in [5.41, 5.74) is 15.2. The molecule has 2 aromatic heterocycles. The van der Waals surface area contributed by atoms with E-state index < -0.39 is 11.2 Å². The number of aryl methyl sites for hydroxylation is 9. The monoisotopic (exact) mass is 1120 g/mol. The molecule has 0 fully saturated rings. The lowest BCUT2D eigenvalue weighted by Crippen LogP contribution is -2.42. The Hall–Kier alpha value is -9.90. The maximum Gasteiger partial charge on any atom is 0.349 e. The molecule has 426 valence electrons. The summed E-state index contributed by atoms with van der Waals surface area (Å²) < 4.78 is 1.96. The minimum atomic E-state index is -0.638. The van der Waals surface area contributed by atoms with Crippen LogP contribution >= 0.6 is 0 Å². The van der Waals surface area contributed by atoms with E-state index >= 15 is 0 Å². The van der Waals surface area contributed by atoms with Crippen LogP contribution in [0.5, 0.6) is 0 Å². The van der Waals surface area contributed by atoms with Gasteiger partial charge in [0, 0.05) is 39.4 Å². The van der Waals surface area contributed by atoms with Crippen LogP contribution in [0.2, 0.25) is 0 Å². The molecular weight excluding hydrogens is 1050 g/mol. The van der Waals surface area contributed by atoms with Gasteiger partial charge < -0.3 is 29.2 Å². The minimum absolute atomic E-state index is 0.207. The van der Waals surface area contributed by atoms with Gasteiger partial charge in [-0.15, -0.1) is 0 Å². The highest BCUT2D eigenvalue weighted by Crippen LogP contribution is 2.40. The van der Waals surface area contributed by atoms with E-state index in [9.17, 15) is 19.2 Å². The molecule has 0 atom stereocenters. The van der Waals surface area contributed by atoms with Crippen LogP contribution in [0.25, 0.3) is 35.7 Å². The number of unbranched alkanes of at least 4 members (excludes halogenated alkanes) is 1. The van der Waals surface area contributed by atoms with Gasteiger partial charge in [-0.05, 0) is 160 Å². The maximum absolute atomic E-state index is 12.5. The number of H-pyrrole nitrogens is 3. The fourth-order valence-electron chi connectivity index (χ4n) is 10.7. The van der Waals surface area contributed by atoms with Gasteiger partial charge in [-0.25, -0.2) is 29.7 Å². The van der Waals surface area contributed by atoms with Gasteiger partial charge in [-0.2, -0.15) is 4.98 Å². The van der Waals surface area contributed by atoms with Crippen molar-refractivity contribution >= 4 is 64.3 Å². The molecule has 0 bridgehead atoms. The second kappa shape index (κ2) is 25.1. The first kappa shape index (κ1) is 57.3. The molecule has 84 heavy (non-hydrogen) atoms. The van der Waals surface area contributed by atoms with Gasteiger partial charge in [0.25, 0.3) is 16.7 Å². The number of benzene rings is 6. The van der Waals surface area contributed by atoms with Gasteiger partial charge in [0.2, 0.25) is 0 Å². The summed E-state index contributed by atoms with van der Waals surface area (Å²) in [6, 6.07) is 43.6. The first-order valence-electron chi connectivity index (χ1n) is 28.4. The van der Waals surface area contributed by atoms with Gasteiger partial charge >= 0.3 is 5.69 Å². The summed E-state index contributed by atoms with van der Waals surface area (Å²) in [5, 5.41) is 0.708. The van der Waals surface area contributed by atoms with Crippen LogP contribution in [0.1, 0.15) is 70.2 Å². The van der Waals surface area contributed by atoms with Crippen molar-refractivity contribution in [3.63, 3.8) is 0 Å². The molecule has 4 aliphatic rings. The van der Waals surface area contributed by atoms with Crippen molar-refractivity contribution in [2.75, 3.05) is 41.9 Å². The third kappa shape index (κ3) is 12.7. The maximum atomic E-state index is 12.5. The molecule has 6 heterocycles. The van der Waals surface area contributed by atoms with Crippen LogP contribution in [0.4, 0.5) is 40.1 Å². The molecule has 0 saturated heterocycles. The molecule has 17 heteroatoms. The predicted octanol–water partition coefficient (Wildman–Crippen LogP) is 8.65. The van der Waals surface area contributed by atoms with E-state index in [2.05, 4.69) is 172 Å². The Balaban J connectivity index is 0.000000140. The summed E-state index contributed by atoms with van der Waals surface area (Å²) in [5.74, 6) is 1.52. The van der Waals surface area contributed by atoms with Crippen LogP contribution in [0.3, 0.4) is 0 Å². The van der Waals surface area contributed by atoms with Crippen molar-refractivity contribution in [2.45, 2.75) is 86.1 Å². The molecule has 0 amide bonds. The zero-order valence-electron chi connectivity index (χ0n) is 48.7. The second-order valence-corrected chi connectivity index (χ2v) is 21.7. The first-order valence-corrected chi connectivity index (χ1v) is 28.4. The molecule has 6 aromatic carbocycles. The summed E-state index contributed by atoms with van der Waals surface area (Å²) in [6.07, 6.45) is 6.67. The van der Waals surface area contributed by atoms with Gasteiger partial charge in [0.05, 0.1) is 33.8 Å². The van der Waals surface area contributed by atoms with Gasteiger partial charge in [0.15, 0.2) is 33.9 Å². The highest BCUT2D eigenvalue weighted by Gasteiger charge is 2.26. The smallest absolute Gasteiger partial charge is 0.349 e. The van der Waals surface area contributed by atoms with E-state index in [1.165, 1.54) is 22.3 Å². The predicted molar refractivity (Wildman–Crippen MR) is 336 cm³/mol. The molecule has 4 aliphatic heterocycles. The third-order valence-corrected chi connectivity index (χ3v) is 15.3. The zero-order chi connectivity index (χ0) is 59.2. The largest absolute Gasteiger partial charge is 0.377 e. The molecule has 0 radical (unpaired) electrons. The van der Waals surface area contributed by atoms with Crippen molar-refractivity contribution in [3.8, 4) is 11.5 Å². The van der Waals surface area contributed by atoms with Crippen molar-refractivity contribution in [1.29, 1.82) is 0 Å². The number of anilines is 5. The molecule has 12 rings (SSSR count). The van der Waals surface area contributed by atoms with Crippen LogP contribution in [-0.2, 0) is 25.8 Å². The average molecular weight is 1120 g/mol. The second-order valence-electron chi connectivity index (χ2n) is 21.7. The lowest BCUT2D eigenvalue weighted by Gasteiger charge is -2.30. The summed E-state index contributed by atoms with van der Waals surface area (Å²) >= 11 is 0. The van der Waals surface area contributed by atoms with Crippen molar-refractivity contribution < 1.29 is 0 Å². The van der Waals surface area contributed by atoms with E-state index in [4.69, 9.17) is 0 Å². The number of rotatable bonds is 14. The zero-order valence-corrected chi connectivity index (χ0v) is 48.7. The normalized spacial score (nSPS) is 11.9. The summed E-state index contributed by atoms with van der Waals surface area (Å²) in [6.45, 7) is 20.1. The van der Waals surface area contributed by atoms with Crippen LogP contribution in [0.15, 0.2) is 157 Å². The average Bonchev–Trinajstić information content (AvgIpc) is 2.83. The van der Waals surface area contributed by atoms with Crippen LogP contribution in [0, 0.1) is 34.6 Å². The van der Waals surface area contributed by atoms with Crippen LogP contribution in [-0.4, -0.2) is 66.6 Å². The molecular formula is C67H69N13O4. The molecule has 0 saturated carbocycles. The van der Waals surface area contributed by atoms with Gasteiger partial charge in [-0.1, -0.05) is 104 Å². The summed E-state index contributed by atoms with van der Waals surface area (Å²) in [7, 11) is 4.05. The fourth-order valence-corrected chi connectivity index (χ4v) is 10.7. The molecule has 3 N–H and O–H groups in total. The molecule has 8 aromatic rings. The Labute approximate surface area is 486 Å². The number of nitrogens with zero attached hydrogens (tertiary/aromatic N) is 10. The van der Waals surface area contributed by atoms with Gasteiger partial charge in [0.1, 0.15) is 11.0 Å². The molecule has 0 unspecified atom stereocenters. The van der Waals surface area contributed by atoms with Crippen molar-refractivity contribution in [3.05, 3.63) is 235 Å². The number of fused-ring (bicyclic) bond motifs is 6. The molecule has 17 nitrogen and oxygen atoms in total. The Bertz CT molecular complexity index is 4520. The van der Waals surface area contributed by atoms with Crippen molar-refractivity contribution in [1.82, 2.24) is 39.5 Å². The Morgan fingerprint density at radius 2 is 0.940 bits per heavy atom. The SMILES string of the molecule is C=c1nc2c(c(=O)[nH]1)=Nc1cc(C)c(C)cc1N2CCCc1ccccc1.C=c1nc2c(c(=O)[nH]1)=Nc1cc(C)c(N(C)C)cc1N2CCCc1ccccc1.Cc1cc2nc3c(=O)[nH]c(=O)nc-3n(CCCCc3ccccc3)c2cc1C. The number of hydrogen-bond acceptors (Lipinski definition) is 13.